The fourth-order valence-corrected chi connectivity index (χ4v) is 3.99. The van der Waals surface area contributed by atoms with Crippen molar-refractivity contribution in [3.8, 4) is 0 Å². The molecule has 1 N–H and O–H groups in total. The zero-order valence-corrected chi connectivity index (χ0v) is 13.2. The zero-order chi connectivity index (χ0) is 12.6. The SMILES string of the molecule is CCOP(=O)(CCCC1CCNCC1)OCC.Cl. The van der Waals surface area contributed by atoms with E-state index in [2.05, 4.69) is 5.32 Å². The van der Waals surface area contributed by atoms with E-state index in [0.717, 1.165) is 31.8 Å². The third kappa shape index (κ3) is 7.10. The van der Waals surface area contributed by atoms with Crippen LogP contribution in [0.25, 0.3) is 0 Å². The second kappa shape index (κ2) is 10.2. The molecule has 0 saturated carbocycles. The van der Waals surface area contributed by atoms with Crippen molar-refractivity contribution < 1.29 is 13.6 Å². The van der Waals surface area contributed by atoms with E-state index in [0.29, 0.717) is 19.4 Å². The zero-order valence-electron chi connectivity index (χ0n) is 11.5. The van der Waals surface area contributed by atoms with Crippen LogP contribution in [0.15, 0.2) is 0 Å². The molecular weight excluding hydrogens is 273 g/mol. The number of nitrogens with one attached hydrogen (secondary N) is 1. The minimum absolute atomic E-state index is 0. The van der Waals surface area contributed by atoms with Crippen LogP contribution in [-0.4, -0.2) is 32.5 Å². The maximum absolute atomic E-state index is 12.2. The average Bonchev–Trinajstić information content (AvgIpc) is 2.31. The maximum Gasteiger partial charge on any atom is 0.330 e. The lowest BCUT2D eigenvalue weighted by Crippen LogP contribution is -2.27. The number of hydrogen-bond donors (Lipinski definition) is 1. The quantitative estimate of drug-likeness (QED) is 0.697. The van der Waals surface area contributed by atoms with E-state index < -0.39 is 7.60 Å². The van der Waals surface area contributed by atoms with E-state index >= 15 is 0 Å². The molecule has 18 heavy (non-hydrogen) atoms. The van der Waals surface area contributed by atoms with E-state index in [-0.39, 0.29) is 12.4 Å². The third-order valence-corrected chi connectivity index (χ3v) is 5.32. The van der Waals surface area contributed by atoms with Crippen molar-refractivity contribution >= 4 is 20.0 Å². The van der Waals surface area contributed by atoms with Crippen molar-refractivity contribution in [1.82, 2.24) is 5.32 Å². The molecule has 0 spiro atoms. The lowest BCUT2D eigenvalue weighted by atomic mass is 9.94. The van der Waals surface area contributed by atoms with Crippen molar-refractivity contribution in [1.29, 1.82) is 0 Å². The lowest BCUT2D eigenvalue weighted by Gasteiger charge is -2.23. The number of halogens is 1. The molecule has 110 valence electrons. The molecule has 1 heterocycles. The Bertz CT molecular complexity index is 237. The summed E-state index contributed by atoms with van der Waals surface area (Å²) < 4.78 is 22.8. The molecule has 0 bridgehead atoms. The van der Waals surface area contributed by atoms with Gasteiger partial charge in [-0.3, -0.25) is 4.57 Å². The van der Waals surface area contributed by atoms with Crippen molar-refractivity contribution in [2.24, 2.45) is 5.92 Å². The van der Waals surface area contributed by atoms with Crippen LogP contribution in [0.3, 0.4) is 0 Å². The van der Waals surface area contributed by atoms with Gasteiger partial charge in [-0.1, -0.05) is 0 Å². The van der Waals surface area contributed by atoms with Crippen LogP contribution in [0.1, 0.15) is 39.5 Å². The minimum atomic E-state index is -2.80. The monoisotopic (exact) mass is 299 g/mol. The molecule has 0 aromatic rings. The van der Waals surface area contributed by atoms with Crippen LogP contribution in [0.4, 0.5) is 0 Å². The Morgan fingerprint density at radius 2 is 1.72 bits per heavy atom. The molecule has 6 heteroatoms. The molecule has 4 nitrogen and oxygen atoms in total. The van der Waals surface area contributed by atoms with Gasteiger partial charge < -0.3 is 14.4 Å². The van der Waals surface area contributed by atoms with Gasteiger partial charge in [0.1, 0.15) is 0 Å². The first-order chi connectivity index (χ1) is 8.20. The molecule has 0 amide bonds. The van der Waals surface area contributed by atoms with Crippen molar-refractivity contribution in [3.05, 3.63) is 0 Å². The van der Waals surface area contributed by atoms with Gasteiger partial charge in [0.2, 0.25) is 0 Å². The molecule has 1 rings (SSSR count). The Kier molecular flexibility index (Phi) is 10.4. The molecule has 0 aromatic heterocycles. The van der Waals surface area contributed by atoms with E-state index in [1.54, 1.807) is 0 Å². The second-order valence-corrected chi connectivity index (χ2v) is 6.69. The maximum atomic E-state index is 12.2. The predicted octanol–water partition coefficient (Wildman–Crippen LogP) is 3.45. The van der Waals surface area contributed by atoms with Gasteiger partial charge in [-0.25, -0.2) is 0 Å². The molecule has 0 radical (unpaired) electrons. The summed E-state index contributed by atoms with van der Waals surface area (Å²) in [5.74, 6) is 0.785. The highest BCUT2D eigenvalue weighted by Gasteiger charge is 2.23. The summed E-state index contributed by atoms with van der Waals surface area (Å²) in [6.45, 7) is 6.89. The van der Waals surface area contributed by atoms with Crippen LogP contribution in [0, 0.1) is 5.92 Å². The van der Waals surface area contributed by atoms with Crippen molar-refractivity contribution in [3.63, 3.8) is 0 Å². The van der Waals surface area contributed by atoms with Crippen LogP contribution < -0.4 is 5.32 Å². The number of hydrogen-bond acceptors (Lipinski definition) is 4. The van der Waals surface area contributed by atoms with Gasteiger partial charge in [-0.15, -0.1) is 12.4 Å². The average molecular weight is 300 g/mol. The number of piperidine rings is 1. The normalized spacial score (nSPS) is 17.4. The van der Waals surface area contributed by atoms with E-state index in [4.69, 9.17) is 9.05 Å². The van der Waals surface area contributed by atoms with Crippen LogP contribution >= 0.6 is 20.0 Å². The second-order valence-electron chi connectivity index (χ2n) is 4.51. The Morgan fingerprint density at radius 3 is 2.22 bits per heavy atom. The smallest absolute Gasteiger partial charge is 0.317 e. The summed E-state index contributed by atoms with van der Waals surface area (Å²) in [4.78, 5) is 0. The predicted molar refractivity (Wildman–Crippen MR) is 77.8 cm³/mol. The topological polar surface area (TPSA) is 47.6 Å². The summed E-state index contributed by atoms with van der Waals surface area (Å²) in [6, 6.07) is 0. The van der Waals surface area contributed by atoms with Crippen LogP contribution in [-0.2, 0) is 13.6 Å². The molecule has 0 unspecified atom stereocenters. The van der Waals surface area contributed by atoms with E-state index in [1.165, 1.54) is 12.8 Å². The molecule has 1 aliphatic heterocycles. The standard InChI is InChI=1S/C12H26NO3P.ClH/c1-3-15-17(14,16-4-2)11-5-6-12-7-9-13-10-8-12;/h12-13H,3-11H2,1-2H3;1H. The van der Waals surface area contributed by atoms with Gasteiger partial charge in [-0.2, -0.15) is 0 Å². The molecule has 0 atom stereocenters. The fourth-order valence-electron chi connectivity index (χ4n) is 2.30. The minimum Gasteiger partial charge on any atom is -0.317 e. The van der Waals surface area contributed by atoms with Gasteiger partial charge in [0.25, 0.3) is 0 Å². The Balaban J connectivity index is 0.00000289. The highest BCUT2D eigenvalue weighted by Crippen LogP contribution is 2.49. The van der Waals surface area contributed by atoms with Crippen molar-refractivity contribution in [2.45, 2.75) is 39.5 Å². The third-order valence-electron chi connectivity index (χ3n) is 3.15. The summed E-state index contributed by atoms with van der Waals surface area (Å²) in [6.07, 6.45) is 5.15. The summed E-state index contributed by atoms with van der Waals surface area (Å²) in [7, 11) is -2.80. The van der Waals surface area contributed by atoms with Crippen molar-refractivity contribution in [2.75, 3.05) is 32.5 Å². The largest absolute Gasteiger partial charge is 0.330 e. The Hall–Kier alpha value is 0.400. The molecular formula is C12H27ClNO3P. The van der Waals surface area contributed by atoms with Gasteiger partial charge in [0, 0.05) is 0 Å². The Morgan fingerprint density at radius 1 is 1.17 bits per heavy atom. The van der Waals surface area contributed by atoms with Gasteiger partial charge >= 0.3 is 7.60 Å². The summed E-state index contributed by atoms with van der Waals surface area (Å²) in [5, 5.41) is 3.36. The lowest BCUT2D eigenvalue weighted by molar-refractivity contribution is 0.218. The van der Waals surface area contributed by atoms with Gasteiger partial charge in [0.05, 0.1) is 19.4 Å². The molecule has 1 saturated heterocycles. The number of rotatable bonds is 8. The molecule has 0 aromatic carbocycles. The van der Waals surface area contributed by atoms with Gasteiger partial charge in [0.15, 0.2) is 0 Å². The highest BCUT2D eigenvalue weighted by molar-refractivity contribution is 7.53. The van der Waals surface area contributed by atoms with E-state index in [9.17, 15) is 4.57 Å². The van der Waals surface area contributed by atoms with Crippen LogP contribution in [0.5, 0.6) is 0 Å². The van der Waals surface area contributed by atoms with E-state index in [1.807, 2.05) is 13.8 Å². The molecule has 0 aliphatic carbocycles. The Labute approximate surface area is 117 Å². The first kappa shape index (κ1) is 18.4. The highest BCUT2D eigenvalue weighted by atomic mass is 35.5. The van der Waals surface area contributed by atoms with Gasteiger partial charge in [-0.05, 0) is 58.5 Å². The summed E-state index contributed by atoms with van der Waals surface area (Å²) in [5.41, 5.74) is 0. The first-order valence-corrected chi connectivity index (χ1v) is 8.52. The van der Waals surface area contributed by atoms with Crippen LogP contribution in [0.2, 0.25) is 0 Å². The first-order valence-electron chi connectivity index (χ1n) is 6.79. The fraction of sp³-hybridized carbons (Fsp3) is 1.00. The summed E-state index contributed by atoms with van der Waals surface area (Å²) >= 11 is 0. The molecule has 1 aliphatic rings. The molecule has 1 fully saturated rings.